The average molecular weight is 493 g/mol. The molecule has 1 aromatic rings. The second-order valence-electron chi connectivity index (χ2n) is 6.76. The summed E-state index contributed by atoms with van der Waals surface area (Å²) in [5, 5.41) is 16.6. The maximum absolute atomic E-state index is 10.2. The number of benzene rings is 1. The van der Waals surface area contributed by atoms with Gasteiger partial charge in [0.25, 0.3) is 0 Å². The Hall–Kier alpha value is -0.670. The first-order valence-electron chi connectivity index (χ1n) is 9.04. The highest BCUT2D eigenvalue weighted by Gasteiger charge is 2.29. The van der Waals surface area contributed by atoms with Crippen molar-refractivity contribution in [2.45, 2.75) is 44.5 Å². The van der Waals surface area contributed by atoms with Crippen LogP contribution in [0.25, 0.3) is 0 Å². The molecule has 5 nitrogen and oxygen atoms in total. The van der Waals surface area contributed by atoms with Crippen LogP contribution in [0.2, 0.25) is 0 Å². The van der Waals surface area contributed by atoms with E-state index in [2.05, 4.69) is 17.6 Å². The van der Waals surface area contributed by atoms with Gasteiger partial charge in [0.05, 0.1) is 6.54 Å². The first kappa shape index (κ1) is 23.4. The van der Waals surface area contributed by atoms with E-state index in [1.807, 2.05) is 49.9 Å². The zero-order valence-corrected chi connectivity index (χ0v) is 19.1. The smallest absolute Gasteiger partial charge is 0.191 e. The van der Waals surface area contributed by atoms with Crippen LogP contribution in [0.4, 0.5) is 0 Å². The van der Waals surface area contributed by atoms with E-state index < -0.39 is 6.10 Å². The van der Waals surface area contributed by atoms with Gasteiger partial charge in [-0.3, -0.25) is 4.99 Å². The lowest BCUT2D eigenvalue weighted by atomic mass is 10.1. The van der Waals surface area contributed by atoms with E-state index >= 15 is 0 Å². The molecule has 0 radical (unpaired) electrons. The molecule has 0 aliphatic carbocycles. The monoisotopic (exact) mass is 493 g/mol. The third-order valence-electron chi connectivity index (χ3n) is 4.15. The lowest BCUT2D eigenvalue weighted by Crippen LogP contribution is -2.43. The third-order valence-corrected chi connectivity index (χ3v) is 5.68. The molecule has 1 aliphatic rings. The molecule has 1 aliphatic heterocycles. The van der Waals surface area contributed by atoms with Crippen LogP contribution in [-0.4, -0.2) is 53.9 Å². The van der Waals surface area contributed by atoms with Gasteiger partial charge in [0.15, 0.2) is 5.96 Å². The number of ether oxygens (including phenoxy) is 1. The number of nitrogens with zero attached hydrogens (tertiary/aromatic N) is 1. The van der Waals surface area contributed by atoms with Crippen molar-refractivity contribution in [3.8, 4) is 5.75 Å². The molecule has 2 rings (SSSR count). The highest BCUT2D eigenvalue weighted by molar-refractivity contribution is 14.0. The lowest BCUT2D eigenvalue weighted by Gasteiger charge is -2.21. The van der Waals surface area contributed by atoms with Gasteiger partial charge in [-0.2, -0.15) is 11.8 Å². The van der Waals surface area contributed by atoms with Gasteiger partial charge in [-0.15, -0.1) is 24.0 Å². The van der Waals surface area contributed by atoms with Gasteiger partial charge in [0.2, 0.25) is 0 Å². The lowest BCUT2D eigenvalue weighted by molar-refractivity contribution is 0.110. The third kappa shape index (κ3) is 8.35. The number of hydrogen-bond donors (Lipinski definition) is 3. The minimum Gasteiger partial charge on any atom is -0.491 e. The SMILES string of the molecule is CCNC(=NCC1(C)CCCS1)NCC(O)COc1cccc(C)c1.I. The quantitative estimate of drug-likeness (QED) is 0.295. The summed E-state index contributed by atoms with van der Waals surface area (Å²) in [5.41, 5.74) is 1.14. The Bertz CT molecular complexity index is 565. The van der Waals surface area contributed by atoms with Crippen LogP contribution in [-0.2, 0) is 0 Å². The summed E-state index contributed by atoms with van der Waals surface area (Å²) in [6.07, 6.45) is 1.89. The number of rotatable bonds is 8. The molecule has 1 saturated heterocycles. The number of thioether (sulfide) groups is 1. The van der Waals surface area contributed by atoms with Crippen molar-refractivity contribution in [2.75, 3.05) is 32.0 Å². The predicted molar refractivity (Wildman–Crippen MR) is 122 cm³/mol. The fourth-order valence-corrected chi connectivity index (χ4v) is 3.95. The Kier molecular flexibility index (Phi) is 10.7. The van der Waals surface area contributed by atoms with E-state index in [0.717, 1.165) is 30.4 Å². The molecule has 26 heavy (non-hydrogen) atoms. The number of hydrogen-bond acceptors (Lipinski definition) is 4. The normalized spacial score (nSPS) is 21.0. The maximum Gasteiger partial charge on any atom is 0.191 e. The van der Waals surface area contributed by atoms with Crippen molar-refractivity contribution in [3.05, 3.63) is 29.8 Å². The molecule has 148 valence electrons. The fourth-order valence-electron chi connectivity index (χ4n) is 2.72. The molecule has 2 atom stereocenters. The number of aliphatic hydroxyl groups excluding tert-OH is 1. The van der Waals surface area contributed by atoms with Crippen LogP contribution in [0.15, 0.2) is 29.3 Å². The number of nitrogens with one attached hydrogen (secondary N) is 2. The number of aliphatic imine (C=N–C) groups is 1. The Morgan fingerprint density at radius 3 is 2.88 bits per heavy atom. The maximum atomic E-state index is 10.2. The molecular formula is C19H32IN3O2S. The summed E-state index contributed by atoms with van der Waals surface area (Å²) in [4.78, 5) is 4.69. The van der Waals surface area contributed by atoms with Gasteiger partial charge in [0.1, 0.15) is 18.5 Å². The van der Waals surface area contributed by atoms with Crippen LogP contribution in [0.5, 0.6) is 5.75 Å². The first-order valence-corrected chi connectivity index (χ1v) is 10.0. The average Bonchev–Trinajstić information content (AvgIpc) is 3.02. The van der Waals surface area contributed by atoms with Gasteiger partial charge < -0.3 is 20.5 Å². The van der Waals surface area contributed by atoms with Crippen molar-refractivity contribution in [2.24, 2.45) is 4.99 Å². The molecule has 1 fully saturated rings. The Labute approximate surface area is 178 Å². The number of aryl methyl sites for hydroxylation is 1. The zero-order valence-electron chi connectivity index (χ0n) is 16.0. The minimum atomic E-state index is -0.596. The Morgan fingerprint density at radius 1 is 1.42 bits per heavy atom. The van der Waals surface area contributed by atoms with Crippen LogP contribution < -0.4 is 15.4 Å². The second kappa shape index (κ2) is 11.9. The standard InChI is InChI=1S/C19H31N3O2S.HI/c1-4-20-18(22-14-19(3)9-6-10-25-19)21-12-16(23)13-24-17-8-5-7-15(2)11-17;/h5,7-8,11,16,23H,4,6,9-10,12-14H2,1-3H3,(H2,20,21,22);1H. The number of halogens is 1. The second-order valence-corrected chi connectivity index (χ2v) is 8.44. The fraction of sp³-hybridized carbons (Fsp3) is 0.632. The predicted octanol–water partition coefficient (Wildman–Crippen LogP) is 3.19. The van der Waals surface area contributed by atoms with Gasteiger partial charge in [-0.1, -0.05) is 12.1 Å². The van der Waals surface area contributed by atoms with Gasteiger partial charge in [-0.05, 0) is 57.1 Å². The van der Waals surface area contributed by atoms with E-state index in [-0.39, 0.29) is 35.3 Å². The molecule has 1 aromatic carbocycles. The molecule has 3 N–H and O–H groups in total. The summed E-state index contributed by atoms with van der Waals surface area (Å²) >= 11 is 2.00. The van der Waals surface area contributed by atoms with E-state index in [9.17, 15) is 5.11 Å². The summed E-state index contributed by atoms with van der Waals surface area (Å²) in [5.74, 6) is 2.77. The first-order chi connectivity index (χ1) is 12.0. The highest BCUT2D eigenvalue weighted by Crippen LogP contribution is 2.37. The summed E-state index contributed by atoms with van der Waals surface area (Å²) in [6.45, 7) is 8.59. The van der Waals surface area contributed by atoms with Crippen molar-refractivity contribution in [1.29, 1.82) is 0 Å². The van der Waals surface area contributed by atoms with E-state index in [1.54, 1.807) is 0 Å². The van der Waals surface area contributed by atoms with Crippen molar-refractivity contribution in [1.82, 2.24) is 10.6 Å². The number of aliphatic hydroxyl groups is 1. The molecule has 0 bridgehead atoms. The summed E-state index contributed by atoms with van der Waals surface area (Å²) in [7, 11) is 0. The van der Waals surface area contributed by atoms with E-state index in [1.165, 1.54) is 18.6 Å². The van der Waals surface area contributed by atoms with Crippen LogP contribution >= 0.6 is 35.7 Å². The van der Waals surface area contributed by atoms with Crippen LogP contribution in [0.1, 0.15) is 32.3 Å². The molecule has 0 amide bonds. The van der Waals surface area contributed by atoms with Crippen molar-refractivity contribution in [3.63, 3.8) is 0 Å². The molecule has 7 heteroatoms. The summed E-state index contributed by atoms with van der Waals surface area (Å²) in [6, 6.07) is 7.84. The molecule has 0 saturated carbocycles. The molecule has 1 heterocycles. The van der Waals surface area contributed by atoms with Gasteiger partial charge in [-0.25, -0.2) is 0 Å². The summed E-state index contributed by atoms with van der Waals surface area (Å²) < 4.78 is 5.89. The van der Waals surface area contributed by atoms with Gasteiger partial charge >= 0.3 is 0 Å². The molecular weight excluding hydrogens is 461 g/mol. The van der Waals surface area contributed by atoms with E-state index in [0.29, 0.717) is 6.54 Å². The number of guanidine groups is 1. The van der Waals surface area contributed by atoms with Crippen molar-refractivity contribution >= 4 is 41.7 Å². The molecule has 0 aromatic heterocycles. The highest BCUT2D eigenvalue weighted by atomic mass is 127. The Balaban J connectivity index is 0.00000338. The Morgan fingerprint density at radius 2 is 2.23 bits per heavy atom. The van der Waals surface area contributed by atoms with Crippen LogP contribution in [0.3, 0.4) is 0 Å². The topological polar surface area (TPSA) is 65.9 Å². The van der Waals surface area contributed by atoms with Crippen molar-refractivity contribution < 1.29 is 9.84 Å². The van der Waals surface area contributed by atoms with Gasteiger partial charge in [0, 0.05) is 17.8 Å². The largest absolute Gasteiger partial charge is 0.491 e. The molecule has 2 unspecified atom stereocenters. The zero-order chi connectivity index (χ0) is 18.1. The van der Waals surface area contributed by atoms with Crippen LogP contribution in [0, 0.1) is 6.92 Å². The minimum absolute atomic E-state index is 0. The van der Waals surface area contributed by atoms with E-state index in [4.69, 9.17) is 9.73 Å². The molecule has 0 spiro atoms.